The summed E-state index contributed by atoms with van der Waals surface area (Å²) >= 11 is 0. The van der Waals surface area contributed by atoms with E-state index in [0.29, 0.717) is 31.7 Å². The van der Waals surface area contributed by atoms with Crippen LogP contribution in [-0.4, -0.2) is 60.0 Å². The molecule has 0 saturated carbocycles. The van der Waals surface area contributed by atoms with Crippen molar-refractivity contribution in [3.05, 3.63) is 58.3 Å². The van der Waals surface area contributed by atoms with Crippen molar-refractivity contribution in [2.75, 3.05) is 49.1 Å². The number of carbonyl (C=O) groups excluding carboxylic acids is 1. The maximum absolute atomic E-state index is 13.2. The molecule has 0 radical (unpaired) electrons. The quantitative estimate of drug-likeness (QED) is 0.598. The largest absolute Gasteiger partial charge is 0.371 e. The molecule has 2 aliphatic heterocycles. The van der Waals surface area contributed by atoms with Crippen LogP contribution in [0.2, 0.25) is 0 Å². The molecule has 1 aromatic heterocycles. The number of hydrogen-bond acceptors (Lipinski definition) is 6. The summed E-state index contributed by atoms with van der Waals surface area (Å²) in [5.74, 6) is 0.772. The zero-order valence-corrected chi connectivity index (χ0v) is 15.7. The minimum absolute atomic E-state index is 0.0431. The monoisotopic (exact) mass is 381 g/mol. The smallest absolute Gasteiger partial charge is 0.270 e. The predicted octanol–water partition coefficient (Wildman–Crippen LogP) is 2.55. The molecule has 0 spiro atoms. The maximum atomic E-state index is 13.2. The van der Waals surface area contributed by atoms with Crippen molar-refractivity contribution in [2.24, 2.45) is 0 Å². The highest BCUT2D eigenvalue weighted by atomic mass is 16.6. The molecular formula is C20H23N5O3. The van der Waals surface area contributed by atoms with Crippen LogP contribution in [0.25, 0.3) is 0 Å². The molecule has 0 N–H and O–H groups in total. The van der Waals surface area contributed by atoms with E-state index in [1.807, 2.05) is 18.2 Å². The number of amides is 1. The van der Waals surface area contributed by atoms with Crippen LogP contribution in [0, 0.1) is 10.1 Å². The molecule has 4 rings (SSSR count). The van der Waals surface area contributed by atoms with Gasteiger partial charge in [-0.2, -0.15) is 0 Å². The number of nitro groups is 1. The highest BCUT2D eigenvalue weighted by Gasteiger charge is 2.28. The van der Waals surface area contributed by atoms with Crippen molar-refractivity contribution in [1.29, 1.82) is 0 Å². The van der Waals surface area contributed by atoms with Crippen LogP contribution in [0.1, 0.15) is 23.2 Å². The Bertz CT molecular complexity index is 859. The topological polar surface area (TPSA) is 82.8 Å². The fourth-order valence-electron chi connectivity index (χ4n) is 3.89. The van der Waals surface area contributed by atoms with Crippen molar-refractivity contribution in [3.8, 4) is 0 Å². The Balaban J connectivity index is 1.54. The van der Waals surface area contributed by atoms with Gasteiger partial charge in [-0.3, -0.25) is 14.9 Å². The zero-order valence-electron chi connectivity index (χ0n) is 15.7. The van der Waals surface area contributed by atoms with Gasteiger partial charge in [0.05, 0.1) is 16.2 Å². The highest BCUT2D eigenvalue weighted by Crippen LogP contribution is 2.29. The van der Waals surface area contributed by atoms with E-state index in [1.165, 1.54) is 12.1 Å². The minimum Gasteiger partial charge on any atom is -0.371 e. The third kappa shape index (κ3) is 3.62. The van der Waals surface area contributed by atoms with E-state index >= 15 is 0 Å². The van der Waals surface area contributed by atoms with E-state index in [9.17, 15) is 14.9 Å². The number of hydrogen-bond donors (Lipinski definition) is 0. The Hall–Kier alpha value is -3.16. The van der Waals surface area contributed by atoms with Crippen molar-refractivity contribution in [1.82, 2.24) is 9.88 Å². The zero-order chi connectivity index (χ0) is 19.5. The van der Waals surface area contributed by atoms with Crippen LogP contribution in [0.3, 0.4) is 0 Å². The Kier molecular flexibility index (Phi) is 5.10. The fourth-order valence-corrected chi connectivity index (χ4v) is 3.89. The summed E-state index contributed by atoms with van der Waals surface area (Å²) in [6.45, 7) is 4.28. The van der Waals surface area contributed by atoms with Gasteiger partial charge in [0.25, 0.3) is 11.6 Å². The highest BCUT2D eigenvalue weighted by molar-refractivity contribution is 6.00. The van der Waals surface area contributed by atoms with Gasteiger partial charge in [-0.25, -0.2) is 4.98 Å². The van der Waals surface area contributed by atoms with E-state index < -0.39 is 4.92 Å². The third-order valence-electron chi connectivity index (χ3n) is 5.41. The molecule has 8 nitrogen and oxygen atoms in total. The summed E-state index contributed by atoms with van der Waals surface area (Å²) in [6.07, 6.45) is 3.92. The molecule has 146 valence electrons. The molecule has 2 fully saturated rings. The predicted molar refractivity (Wildman–Crippen MR) is 107 cm³/mol. The number of nitrogens with zero attached hydrogens (tertiary/aromatic N) is 5. The normalized spacial score (nSPS) is 17.1. The second-order valence-corrected chi connectivity index (χ2v) is 7.12. The number of aromatic nitrogens is 1. The molecule has 0 bridgehead atoms. The maximum Gasteiger partial charge on any atom is 0.270 e. The molecule has 1 aromatic carbocycles. The number of rotatable bonds is 4. The first-order valence-electron chi connectivity index (χ1n) is 9.62. The van der Waals surface area contributed by atoms with Crippen LogP contribution in [0.15, 0.2) is 42.6 Å². The summed E-state index contributed by atoms with van der Waals surface area (Å²) in [5.41, 5.74) is 1.20. The lowest BCUT2D eigenvalue weighted by molar-refractivity contribution is -0.384. The summed E-state index contributed by atoms with van der Waals surface area (Å²) in [5, 5.41) is 11.2. The third-order valence-corrected chi connectivity index (χ3v) is 5.41. The number of pyridine rings is 1. The SMILES string of the molecule is O=C(c1cc([N+](=O)[O-])ccc1N1CCCC1)N1CCN(c2ccccn2)CC1. The first kappa shape index (κ1) is 18.2. The first-order valence-corrected chi connectivity index (χ1v) is 9.62. The molecule has 28 heavy (non-hydrogen) atoms. The molecule has 0 aliphatic carbocycles. The lowest BCUT2D eigenvalue weighted by Gasteiger charge is -2.36. The van der Waals surface area contributed by atoms with Crippen LogP contribution in [-0.2, 0) is 0 Å². The minimum atomic E-state index is -0.441. The van der Waals surface area contributed by atoms with E-state index in [0.717, 1.165) is 37.4 Å². The lowest BCUT2D eigenvalue weighted by Crippen LogP contribution is -2.49. The van der Waals surface area contributed by atoms with Gasteiger partial charge in [0.15, 0.2) is 0 Å². The Morgan fingerprint density at radius 1 is 0.964 bits per heavy atom. The Morgan fingerprint density at radius 3 is 2.36 bits per heavy atom. The number of non-ortho nitro benzene ring substituents is 1. The first-order chi connectivity index (χ1) is 13.6. The molecule has 3 heterocycles. The van der Waals surface area contributed by atoms with Gasteiger partial charge in [0.2, 0.25) is 0 Å². The van der Waals surface area contributed by atoms with Crippen LogP contribution < -0.4 is 9.80 Å². The standard InChI is InChI=1S/C20H23N5O3/c26-20(24-13-11-23(12-14-24)19-5-1-2-8-21-19)17-15-16(25(27)28)6-7-18(17)22-9-3-4-10-22/h1-2,5-8,15H,3-4,9-14H2. The summed E-state index contributed by atoms with van der Waals surface area (Å²) in [7, 11) is 0. The van der Waals surface area contributed by atoms with E-state index in [4.69, 9.17) is 0 Å². The molecule has 0 unspecified atom stereocenters. The summed E-state index contributed by atoms with van der Waals surface area (Å²) in [4.78, 5) is 34.5. The molecule has 1 amide bonds. The van der Waals surface area contributed by atoms with Crippen molar-refractivity contribution in [2.45, 2.75) is 12.8 Å². The number of nitro benzene ring substituents is 1. The van der Waals surface area contributed by atoms with Gasteiger partial charge in [0, 0.05) is 57.6 Å². The van der Waals surface area contributed by atoms with Crippen molar-refractivity contribution < 1.29 is 9.72 Å². The molecular weight excluding hydrogens is 358 g/mol. The number of anilines is 2. The molecule has 0 atom stereocenters. The number of carbonyl (C=O) groups is 1. The van der Waals surface area contributed by atoms with Crippen LogP contribution in [0.4, 0.5) is 17.2 Å². The van der Waals surface area contributed by atoms with Crippen molar-refractivity contribution in [3.63, 3.8) is 0 Å². The molecule has 2 aliphatic rings. The van der Waals surface area contributed by atoms with Gasteiger partial charge in [-0.05, 0) is 31.0 Å². The number of piperazine rings is 1. The van der Waals surface area contributed by atoms with Gasteiger partial charge < -0.3 is 14.7 Å². The van der Waals surface area contributed by atoms with E-state index in [2.05, 4.69) is 14.8 Å². The fraction of sp³-hybridized carbons (Fsp3) is 0.400. The molecule has 2 aromatic rings. The molecule has 2 saturated heterocycles. The van der Waals surface area contributed by atoms with Gasteiger partial charge in [0.1, 0.15) is 5.82 Å². The summed E-state index contributed by atoms with van der Waals surface area (Å²) < 4.78 is 0. The van der Waals surface area contributed by atoms with Gasteiger partial charge in [-0.1, -0.05) is 6.07 Å². The average molecular weight is 381 g/mol. The summed E-state index contributed by atoms with van der Waals surface area (Å²) in [6, 6.07) is 10.4. The average Bonchev–Trinajstić information content (AvgIpc) is 3.28. The van der Waals surface area contributed by atoms with Gasteiger partial charge in [-0.15, -0.1) is 0 Å². The molecule has 8 heteroatoms. The second kappa shape index (κ2) is 7.84. The van der Waals surface area contributed by atoms with Crippen molar-refractivity contribution >= 4 is 23.1 Å². The van der Waals surface area contributed by atoms with E-state index in [-0.39, 0.29) is 11.6 Å². The Morgan fingerprint density at radius 2 is 1.71 bits per heavy atom. The van der Waals surface area contributed by atoms with Gasteiger partial charge >= 0.3 is 0 Å². The number of benzene rings is 1. The van der Waals surface area contributed by atoms with Crippen LogP contribution >= 0.6 is 0 Å². The Labute approximate surface area is 163 Å². The van der Waals surface area contributed by atoms with E-state index in [1.54, 1.807) is 17.2 Å². The second-order valence-electron chi connectivity index (χ2n) is 7.12. The lowest BCUT2D eigenvalue weighted by atomic mass is 10.1. The van der Waals surface area contributed by atoms with Crippen LogP contribution in [0.5, 0.6) is 0 Å².